The highest BCUT2D eigenvalue weighted by atomic mass is 16.6. The van der Waals surface area contributed by atoms with Crippen molar-refractivity contribution in [3.63, 3.8) is 0 Å². The number of ketones is 1. The van der Waals surface area contributed by atoms with Gasteiger partial charge in [-0.15, -0.1) is 0 Å². The number of Topliss-reactive ketones (excluding diaryl/α,β-unsaturated/α-hetero) is 1. The Morgan fingerprint density at radius 2 is 2.00 bits per heavy atom. The van der Waals surface area contributed by atoms with E-state index in [9.17, 15) is 24.6 Å². The van der Waals surface area contributed by atoms with Crippen LogP contribution in [-0.2, 0) is 23.9 Å². The zero-order valence-electron chi connectivity index (χ0n) is 18.5. The first-order chi connectivity index (χ1) is 14.7. The van der Waals surface area contributed by atoms with Gasteiger partial charge in [-0.1, -0.05) is 25.5 Å². The number of allylic oxidation sites excluding steroid dienone is 2. The van der Waals surface area contributed by atoms with Crippen LogP contribution < -0.4 is 0 Å². The number of hydrogen-bond donors (Lipinski definition) is 2. The van der Waals surface area contributed by atoms with E-state index in [2.05, 4.69) is 0 Å². The molecule has 172 valence electrons. The van der Waals surface area contributed by atoms with Crippen molar-refractivity contribution in [1.82, 2.24) is 4.90 Å². The highest BCUT2D eigenvalue weighted by Crippen LogP contribution is 2.35. The molecule has 0 bridgehead atoms. The molecule has 8 nitrogen and oxygen atoms in total. The van der Waals surface area contributed by atoms with Crippen molar-refractivity contribution < 1.29 is 34.1 Å². The average Bonchev–Trinajstić information content (AvgIpc) is 2.76. The number of aliphatic hydroxyl groups excluding tert-OH is 1. The lowest BCUT2D eigenvalue weighted by atomic mass is 9.86. The summed E-state index contributed by atoms with van der Waals surface area (Å²) >= 11 is 0. The van der Waals surface area contributed by atoms with Crippen LogP contribution in [0.3, 0.4) is 0 Å². The summed E-state index contributed by atoms with van der Waals surface area (Å²) in [6, 6.07) is -0.942. The Bertz CT molecular complexity index is 776. The Morgan fingerprint density at radius 3 is 2.68 bits per heavy atom. The molecule has 8 heteroatoms. The largest absolute Gasteiger partial charge is 0.453 e. The molecule has 0 aromatic heterocycles. The van der Waals surface area contributed by atoms with Gasteiger partial charge in [0.15, 0.2) is 0 Å². The number of amides is 1. The average molecular weight is 436 g/mol. The normalized spacial score (nSPS) is 36.0. The molecule has 0 aromatic rings. The smallest absolute Gasteiger partial charge is 0.329 e. The summed E-state index contributed by atoms with van der Waals surface area (Å²) in [7, 11) is 0. The first-order valence-electron chi connectivity index (χ1n) is 11.2. The van der Waals surface area contributed by atoms with Crippen LogP contribution in [0.25, 0.3) is 0 Å². The Morgan fingerprint density at radius 1 is 1.26 bits per heavy atom. The summed E-state index contributed by atoms with van der Waals surface area (Å²) in [5.74, 6) is -5.35. The molecule has 2 fully saturated rings. The number of likely N-dealkylation sites (tertiary alicyclic amines) is 1. The predicted octanol–water partition coefficient (Wildman–Crippen LogP) is 1.64. The van der Waals surface area contributed by atoms with Crippen molar-refractivity contribution in [3.05, 3.63) is 23.8 Å². The third-order valence-corrected chi connectivity index (χ3v) is 6.52. The van der Waals surface area contributed by atoms with Crippen LogP contribution in [0.15, 0.2) is 23.8 Å². The summed E-state index contributed by atoms with van der Waals surface area (Å²) in [4.78, 5) is 40.2. The van der Waals surface area contributed by atoms with Crippen molar-refractivity contribution in [2.45, 2.75) is 89.4 Å². The molecule has 6 unspecified atom stereocenters. The number of carbonyl (C=O) groups excluding carboxylic acids is 3. The number of aliphatic hydroxyl groups is 2. The molecule has 6 atom stereocenters. The number of hydrogen-bond acceptors (Lipinski definition) is 7. The van der Waals surface area contributed by atoms with Crippen LogP contribution in [0.1, 0.15) is 59.3 Å². The molecule has 3 aliphatic rings. The van der Waals surface area contributed by atoms with Crippen molar-refractivity contribution in [2.24, 2.45) is 5.92 Å². The van der Waals surface area contributed by atoms with Gasteiger partial charge in [-0.25, -0.2) is 4.79 Å². The summed E-state index contributed by atoms with van der Waals surface area (Å²) in [5.41, 5.74) is 0.861. The standard InChI is InChI=1S/C23H33NO7/c1-4-16-10-9-15(3)23(29,31-16)20(26)21(27)24-12-6-5-7-17(24)22(28)30-19-11-8-14(2)13-18(19)25/h8,11,13,15-19,25,29H,4-7,9-10,12H2,1-3H3. The van der Waals surface area contributed by atoms with Crippen LogP contribution >= 0.6 is 0 Å². The molecule has 0 radical (unpaired) electrons. The molecule has 0 spiro atoms. The summed E-state index contributed by atoms with van der Waals surface area (Å²) in [6.45, 7) is 5.63. The minimum atomic E-state index is -2.19. The summed E-state index contributed by atoms with van der Waals surface area (Å²) < 4.78 is 11.1. The molecule has 2 N–H and O–H groups in total. The van der Waals surface area contributed by atoms with E-state index in [1.165, 1.54) is 4.90 Å². The second-order valence-corrected chi connectivity index (χ2v) is 8.82. The molecule has 2 heterocycles. The monoisotopic (exact) mass is 435 g/mol. The number of ether oxygens (including phenoxy) is 2. The molecule has 3 rings (SSSR count). The van der Waals surface area contributed by atoms with E-state index in [0.717, 1.165) is 5.57 Å². The van der Waals surface area contributed by atoms with E-state index >= 15 is 0 Å². The SMILES string of the molecule is CCC1CCC(C)C(O)(C(=O)C(=O)N2CCCCC2C(=O)OC2C=CC(C)=CC2O)O1. The van der Waals surface area contributed by atoms with E-state index in [1.54, 1.807) is 25.2 Å². The first kappa shape index (κ1) is 23.6. The number of esters is 1. The van der Waals surface area contributed by atoms with Crippen molar-refractivity contribution in [1.29, 1.82) is 0 Å². The Balaban J connectivity index is 1.73. The molecule has 31 heavy (non-hydrogen) atoms. The lowest BCUT2D eigenvalue weighted by Crippen LogP contribution is -2.60. The summed E-state index contributed by atoms with van der Waals surface area (Å²) in [6.07, 6.45) is 6.44. The van der Waals surface area contributed by atoms with Crippen molar-refractivity contribution in [2.75, 3.05) is 6.54 Å². The maximum Gasteiger partial charge on any atom is 0.329 e. The number of nitrogens with zero attached hydrogens (tertiary/aromatic N) is 1. The van der Waals surface area contributed by atoms with Gasteiger partial charge in [-0.05, 0) is 57.6 Å². The third kappa shape index (κ3) is 4.91. The molecule has 2 saturated heterocycles. The van der Waals surface area contributed by atoms with Crippen LogP contribution in [0.4, 0.5) is 0 Å². The minimum Gasteiger partial charge on any atom is -0.453 e. The van der Waals surface area contributed by atoms with E-state index in [1.807, 2.05) is 13.8 Å². The fourth-order valence-corrected chi connectivity index (χ4v) is 4.43. The maximum absolute atomic E-state index is 13.1. The predicted molar refractivity (Wildman–Crippen MR) is 112 cm³/mol. The molecule has 2 aliphatic heterocycles. The number of carbonyl (C=O) groups is 3. The zero-order chi connectivity index (χ0) is 22.8. The fourth-order valence-electron chi connectivity index (χ4n) is 4.43. The second-order valence-electron chi connectivity index (χ2n) is 8.82. The van der Waals surface area contributed by atoms with Crippen molar-refractivity contribution >= 4 is 17.7 Å². The van der Waals surface area contributed by atoms with Gasteiger partial charge in [0.25, 0.3) is 11.7 Å². The topological polar surface area (TPSA) is 113 Å². The maximum atomic E-state index is 13.1. The van der Waals surface area contributed by atoms with Gasteiger partial charge in [0, 0.05) is 12.5 Å². The van der Waals surface area contributed by atoms with Gasteiger partial charge < -0.3 is 24.6 Å². The van der Waals surface area contributed by atoms with Gasteiger partial charge in [-0.3, -0.25) is 9.59 Å². The molecule has 0 saturated carbocycles. The van der Waals surface area contributed by atoms with Gasteiger partial charge >= 0.3 is 5.97 Å². The quantitative estimate of drug-likeness (QED) is 0.498. The highest BCUT2D eigenvalue weighted by Gasteiger charge is 2.52. The van der Waals surface area contributed by atoms with E-state index in [0.29, 0.717) is 38.5 Å². The second kappa shape index (κ2) is 9.63. The van der Waals surface area contributed by atoms with E-state index in [-0.39, 0.29) is 12.6 Å². The summed E-state index contributed by atoms with van der Waals surface area (Å²) in [5, 5.41) is 21.1. The molecular weight excluding hydrogens is 402 g/mol. The Labute approximate surface area is 182 Å². The van der Waals surface area contributed by atoms with E-state index in [4.69, 9.17) is 9.47 Å². The van der Waals surface area contributed by atoms with Crippen LogP contribution in [0.5, 0.6) is 0 Å². The minimum absolute atomic E-state index is 0.216. The number of rotatable bonds is 5. The fraction of sp³-hybridized carbons (Fsp3) is 0.696. The van der Waals surface area contributed by atoms with Gasteiger partial charge in [0.2, 0.25) is 5.79 Å². The lowest BCUT2D eigenvalue weighted by molar-refractivity contribution is -0.263. The van der Waals surface area contributed by atoms with Gasteiger partial charge in [0.1, 0.15) is 18.2 Å². The van der Waals surface area contributed by atoms with Gasteiger partial charge in [-0.2, -0.15) is 0 Å². The Kier molecular flexibility index (Phi) is 7.34. The molecular formula is C23H33NO7. The Hall–Kier alpha value is -2.03. The van der Waals surface area contributed by atoms with Crippen LogP contribution in [0, 0.1) is 5.92 Å². The molecule has 0 aromatic carbocycles. The lowest BCUT2D eigenvalue weighted by Gasteiger charge is -2.42. The zero-order valence-corrected chi connectivity index (χ0v) is 18.5. The van der Waals surface area contributed by atoms with E-state index < -0.39 is 47.6 Å². The third-order valence-electron chi connectivity index (χ3n) is 6.52. The van der Waals surface area contributed by atoms with Crippen molar-refractivity contribution in [3.8, 4) is 0 Å². The number of piperidine rings is 1. The molecule has 1 amide bonds. The molecule has 1 aliphatic carbocycles. The van der Waals surface area contributed by atoms with Crippen LogP contribution in [0.2, 0.25) is 0 Å². The van der Waals surface area contributed by atoms with Crippen LogP contribution in [-0.4, -0.2) is 69.5 Å². The van der Waals surface area contributed by atoms with Gasteiger partial charge in [0.05, 0.1) is 6.10 Å². The highest BCUT2D eigenvalue weighted by molar-refractivity contribution is 6.39. The first-order valence-corrected chi connectivity index (χ1v) is 11.2.